The van der Waals surface area contributed by atoms with Gasteiger partial charge in [-0.3, -0.25) is 4.99 Å². The van der Waals surface area contributed by atoms with Crippen LogP contribution in [0.25, 0.3) is 0 Å². The predicted octanol–water partition coefficient (Wildman–Crippen LogP) is 1.52. The summed E-state index contributed by atoms with van der Waals surface area (Å²) >= 11 is 1.81. The van der Waals surface area contributed by atoms with Gasteiger partial charge in [-0.05, 0) is 31.4 Å². The van der Waals surface area contributed by atoms with Crippen LogP contribution < -0.4 is 15.5 Å². The van der Waals surface area contributed by atoms with Crippen molar-refractivity contribution in [3.8, 4) is 0 Å². The van der Waals surface area contributed by atoms with Gasteiger partial charge in [0, 0.05) is 63.5 Å². The second-order valence-corrected chi connectivity index (χ2v) is 10.7. The predicted molar refractivity (Wildman–Crippen MR) is 137 cm³/mol. The largest absolute Gasteiger partial charge is 0.356 e. The van der Waals surface area contributed by atoms with Gasteiger partial charge in [-0.1, -0.05) is 6.07 Å². The van der Waals surface area contributed by atoms with E-state index < -0.39 is 10.0 Å². The standard InChI is InChI=1S/C19H32N6O2S2.HI/c1-16-3-4-18(22-15-16)24-8-5-17(6-9-24)23-19(20-2)21-7-14-29(26,27)25-10-12-28-13-11-25;/h3-4,15,17H,5-14H2,1-2H3,(H2,20,21,23);1H. The summed E-state index contributed by atoms with van der Waals surface area (Å²) in [6.45, 7) is 5.51. The molecule has 2 saturated heterocycles. The molecule has 2 aliphatic rings. The van der Waals surface area contributed by atoms with Gasteiger partial charge < -0.3 is 15.5 Å². The number of piperidine rings is 1. The monoisotopic (exact) mass is 568 g/mol. The molecular formula is C19H33IN6O2S2. The molecule has 0 saturated carbocycles. The van der Waals surface area contributed by atoms with Gasteiger partial charge in [0.2, 0.25) is 10.0 Å². The first-order valence-corrected chi connectivity index (χ1v) is 12.9. The summed E-state index contributed by atoms with van der Waals surface area (Å²) in [5.41, 5.74) is 1.17. The van der Waals surface area contributed by atoms with Crippen LogP contribution in [0.1, 0.15) is 18.4 Å². The Bertz CT molecular complexity index is 777. The van der Waals surface area contributed by atoms with Crippen molar-refractivity contribution < 1.29 is 8.42 Å². The molecule has 0 aliphatic carbocycles. The van der Waals surface area contributed by atoms with Gasteiger partial charge in [-0.2, -0.15) is 11.8 Å². The van der Waals surface area contributed by atoms with Gasteiger partial charge in [0.05, 0.1) is 5.75 Å². The lowest BCUT2D eigenvalue weighted by Crippen LogP contribution is -2.50. The Kier molecular flexibility index (Phi) is 10.4. The Morgan fingerprint density at radius 3 is 2.53 bits per heavy atom. The second kappa shape index (κ2) is 12.3. The van der Waals surface area contributed by atoms with E-state index in [-0.39, 0.29) is 29.7 Å². The molecule has 0 atom stereocenters. The molecule has 3 heterocycles. The Hall–Kier alpha value is -0.790. The number of nitrogens with zero attached hydrogens (tertiary/aromatic N) is 4. The lowest BCUT2D eigenvalue weighted by molar-refractivity contribution is 0.442. The second-order valence-electron chi connectivity index (χ2n) is 7.43. The van der Waals surface area contributed by atoms with Crippen molar-refractivity contribution in [3.05, 3.63) is 23.9 Å². The van der Waals surface area contributed by atoms with Crippen molar-refractivity contribution in [1.82, 2.24) is 19.9 Å². The fourth-order valence-corrected chi connectivity index (χ4v) is 6.03. The molecule has 0 bridgehead atoms. The average molecular weight is 569 g/mol. The molecule has 2 aliphatic heterocycles. The minimum absolute atomic E-state index is 0. The number of thioether (sulfide) groups is 1. The maximum absolute atomic E-state index is 12.4. The first kappa shape index (κ1) is 25.5. The van der Waals surface area contributed by atoms with Gasteiger partial charge in [0.25, 0.3) is 0 Å². The molecule has 30 heavy (non-hydrogen) atoms. The quantitative estimate of drug-likeness (QED) is 0.306. The summed E-state index contributed by atoms with van der Waals surface area (Å²) in [6.07, 6.45) is 3.88. The number of aromatic nitrogens is 1. The maximum Gasteiger partial charge on any atom is 0.215 e. The number of guanidine groups is 1. The normalized spacial score (nSPS) is 19.3. The topological polar surface area (TPSA) is 89.9 Å². The number of halogens is 1. The Morgan fingerprint density at radius 2 is 1.93 bits per heavy atom. The highest BCUT2D eigenvalue weighted by molar-refractivity contribution is 14.0. The highest BCUT2D eigenvalue weighted by Gasteiger charge is 2.24. The summed E-state index contributed by atoms with van der Waals surface area (Å²) in [5.74, 6) is 3.55. The number of hydrogen-bond acceptors (Lipinski definition) is 6. The Balaban J connectivity index is 0.00000320. The SMILES string of the molecule is CN=C(NCCS(=O)(=O)N1CCSCC1)NC1CCN(c2ccc(C)cn2)CC1.I. The minimum Gasteiger partial charge on any atom is -0.356 e. The van der Waals surface area contributed by atoms with Gasteiger partial charge in [0.15, 0.2) is 5.96 Å². The Labute approximate surface area is 201 Å². The van der Waals surface area contributed by atoms with Gasteiger partial charge >= 0.3 is 0 Å². The summed E-state index contributed by atoms with van der Waals surface area (Å²) in [7, 11) is -1.48. The van der Waals surface area contributed by atoms with Crippen molar-refractivity contribution >= 4 is 57.5 Å². The number of anilines is 1. The lowest BCUT2D eigenvalue weighted by atomic mass is 10.1. The summed E-state index contributed by atoms with van der Waals surface area (Å²) in [5, 5.41) is 6.60. The number of pyridine rings is 1. The Morgan fingerprint density at radius 1 is 1.23 bits per heavy atom. The molecule has 1 aromatic rings. The first-order chi connectivity index (χ1) is 14.0. The van der Waals surface area contributed by atoms with Gasteiger partial charge in [-0.15, -0.1) is 24.0 Å². The molecule has 2 N–H and O–H groups in total. The third kappa shape index (κ3) is 7.41. The molecule has 0 spiro atoms. The molecule has 0 amide bonds. The van der Waals surface area contributed by atoms with Crippen LogP contribution in [0, 0.1) is 6.92 Å². The first-order valence-electron chi connectivity index (χ1n) is 10.2. The van der Waals surface area contributed by atoms with E-state index in [1.54, 1.807) is 11.4 Å². The molecule has 0 radical (unpaired) electrons. The van der Waals surface area contributed by atoms with Crippen LogP contribution in [-0.4, -0.2) is 86.7 Å². The minimum atomic E-state index is -3.20. The number of aliphatic imine (C=N–C) groups is 1. The number of hydrogen-bond donors (Lipinski definition) is 2. The number of nitrogens with one attached hydrogen (secondary N) is 2. The molecule has 3 rings (SSSR count). The van der Waals surface area contributed by atoms with E-state index in [9.17, 15) is 8.42 Å². The zero-order valence-electron chi connectivity index (χ0n) is 17.7. The van der Waals surface area contributed by atoms with Crippen LogP contribution in [0.5, 0.6) is 0 Å². The summed E-state index contributed by atoms with van der Waals surface area (Å²) in [6, 6.07) is 4.49. The number of aryl methyl sites for hydroxylation is 1. The molecule has 0 aromatic carbocycles. The fourth-order valence-electron chi connectivity index (χ4n) is 3.54. The smallest absolute Gasteiger partial charge is 0.215 e. The number of rotatable bonds is 6. The van der Waals surface area contributed by atoms with E-state index in [0.29, 0.717) is 31.6 Å². The maximum atomic E-state index is 12.4. The van der Waals surface area contributed by atoms with Crippen LogP contribution in [0.4, 0.5) is 5.82 Å². The van der Waals surface area contributed by atoms with Crippen LogP contribution in [0.15, 0.2) is 23.3 Å². The van der Waals surface area contributed by atoms with E-state index >= 15 is 0 Å². The van der Waals surface area contributed by atoms with E-state index in [4.69, 9.17) is 0 Å². The van der Waals surface area contributed by atoms with Gasteiger partial charge in [0.1, 0.15) is 5.82 Å². The van der Waals surface area contributed by atoms with E-state index in [1.807, 2.05) is 24.9 Å². The van der Waals surface area contributed by atoms with Crippen molar-refractivity contribution in [2.45, 2.75) is 25.8 Å². The molecule has 11 heteroatoms. The van der Waals surface area contributed by atoms with Crippen molar-refractivity contribution in [2.24, 2.45) is 4.99 Å². The summed E-state index contributed by atoms with van der Waals surface area (Å²) < 4.78 is 26.5. The third-order valence-electron chi connectivity index (χ3n) is 5.30. The van der Waals surface area contributed by atoms with Crippen molar-refractivity contribution in [2.75, 3.05) is 61.9 Å². The molecule has 0 unspecified atom stereocenters. The van der Waals surface area contributed by atoms with Crippen molar-refractivity contribution in [1.29, 1.82) is 0 Å². The van der Waals surface area contributed by atoms with Gasteiger partial charge in [-0.25, -0.2) is 17.7 Å². The zero-order chi connectivity index (χ0) is 20.7. The molecule has 2 fully saturated rings. The highest BCUT2D eigenvalue weighted by atomic mass is 127. The average Bonchev–Trinajstić information content (AvgIpc) is 2.75. The number of sulfonamides is 1. The van der Waals surface area contributed by atoms with Crippen molar-refractivity contribution in [3.63, 3.8) is 0 Å². The molecule has 1 aromatic heterocycles. The lowest BCUT2D eigenvalue weighted by Gasteiger charge is -2.34. The van der Waals surface area contributed by atoms with E-state index in [0.717, 1.165) is 43.3 Å². The van der Waals surface area contributed by atoms with E-state index in [2.05, 4.69) is 37.6 Å². The van der Waals surface area contributed by atoms with Crippen LogP contribution in [0.3, 0.4) is 0 Å². The third-order valence-corrected chi connectivity index (χ3v) is 8.11. The fraction of sp³-hybridized carbons (Fsp3) is 0.684. The van der Waals surface area contributed by atoms with Crippen LogP contribution >= 0.6 is 35.7 Å². The van der Waals surface area contributed by atoms with Crippen LogP contribution in [-0.2, 0) is 10.0 Å². The molecular weight excluding hydrogens is 535 g/mol. The zero-order valence-corrected chi connectivity index (χ0v) is 21.7. The van der Waals surface area contributed by atoms with E-state index in [1.165, 1.54) is 5.56 Å². The molecule has 170 valence electrons. The molecule has 8 nitrogen and oxygen atoms in total. The van der Waals surface area contributed by atoms with Crippen LogP contribution in [0.2, 0.25) is 0 Å². The highest BCUT2D eigenvalue weighted by Crippen LogP contribution is 2.18. The summed E-state index contributed by atoms with van der Waals surface area (Å²) in [4.78, 5) is 11.1.